The Labute approximate surface area is 108 Å². The fourth-order valence-electron chi connectivity index (χ4n) is 2.94. The van der Waals surface area contributed by atoms with Crippen molar-refractivity contribution < 1.29 is 0 Å². The molecule has 1 aromatic heterocycles. The Bertz CT molecular complexity index is 551. The van der Waals surface area contributed by atoms with Crippen LogP contribution in [-0.4, -0.2) is 14.8 Å². The lowest BCUT2D eigenvalue weighted by Gasteiger charge is -2.14. The number of rotatable bonds is 2. The van der Waals surface area contributed by atoms with Crippen molar-refractivity contribution in [2.24, 2.45) is 0 Å². The third-order valence-corrected chi connectivity index (χ3v) is 3.93. The van der Waals surface area contributed by atoms with Gasteiger partial charge in [-0.3, -0.25) is 4.57 Å². The highest BCUT2D eigenvalue weighted by atomic mass is 15.3. The van der Waals surface area contributed by atoms with Gasteiger partial charge >= 0.3 is 0 Å². The Hall–Kier alpha value is -1.64. The maximum absolute atomic E-state index is 4.43. The largest absolute Gasteiger partial charge is 0.283 e. The van der Waals surface area contributed by atoms with E-state index in [-0.39, 0.29) is 0 Å². The SMILES string of the molecule is Cc1ccccc1-n1c(C)nnc1C1CCCC1. The standard InChI is InChI=1S/C15H19N3/c1-11-7-3-6-10-14(11)18-12(2)16-17-15(18)13-8-4-5-9-13/h3,6-7,10,13H,4-5,8-9H2,1-2H3. The number of para-hydroxylation sites is 1. The molecule has 2 aromatic rings. The molecule has 1 saturated carbocycles. The van der Waals surface area contributed by atoms with E-state index in [1.807, 2.05) is 6.92 Å². The van der Waals surface area contributed by atoms with Gasteiger partial charge in [-0.05, 0) is 38.3 Å². The van der Waals surface area contributed by atoms with Gasteiger partial charge in [-0.1, -0.05) is 31.0 Å². The van der Waals surface area contributed by atoms with E-state index in [2.05, 4.69) is 46.0 Å². The van der Waals surface area contributed by atoms with Crippen molar-refractivity contribution >= 4 is 0 Å². The minimum Gasteiger partial charge on any atom is -0.283 e. The Kier molecular flexibility index (Phi) is 2.90. The number of hydrogen-bond donors (Lipinski definition) is 0. The second-order valence-electron chi connectivity index (χ2n) is 5.21. The number of aromatic nitrogens is 3. The second kappa shape index (κ2) is 4.56. The normalized spacial score (nSPS) is 16.3. The molecule has 1 aliphatic carbocycles. The zero-order valence-corrected chi connectivity index (χ0v) is 11.1. The highest BCUT2D eigenvalue weighted by molar-refractivity contribution is 5.42. The van der Waals surface area contributed by atoms with Crippen molar-refractivity contribution in [1.29, 1.82) is 0 Å². The molecule has 1 aromatic carbocycles. The van der Waals surface area contributed by atoms with Crippen LogP contribution in [0.2, 0.25) is 0 Å². The van der Waals surface area contributed by atoms with Gasteiger partial charge in [0.1, 0.15) is 11.6 Å². The van der Waals surface area contributed by atoms with Crippen molar-refractivity contribution in [3.8, 4) is 5.69 Å². The maximum Gasteiger partial charge on any atom is 0.140 e. The van der Waals surface area contributed by atoms with Crippen molar-refractivity contribution in [3.05, 3.63) is 41.5 Å². The minimum atomic E-state index is 0.589. The molecule has 3 nitrogen and oxygen atoms in total. The van der Waals surface area contributed by atoms with E-state index < -0.39 is 0 Å². The van der Waals surface area contributed by atoms with Gasteiger partial charge < -0.3 is 0 Å². The highest BCUT2D eigenvalue weighted by Gasteiger charge is 2.24. The first kappa shape index (κ1) is 11.5. The molecule has 0 unspecified atom stereocenters. The first-order valence-corrected chi connectivity index (χ1v) is 6.75. The first-order valence-electron chi connectivity index (χ1n) is 6.75. The average molecular weight is 241 g/mol. The van der Waals surface area contributed by atoms with Crippen LogP contribution in [0.5, 0.6) is 0 Å². The summed E-state index contributed by atoms with van der Waals surface area (Å²) in [4.78, 5) is 0. The van der Waals surface area contributed by atoms with Crippen LogP contribution in [0, 0.1) is 13.8 Å². The van der Waals surface area contributed by atoms with E-state index in [0.29, 0.717) is 5.92 Å². The molecule has 0 radical (unpaired) electrons. The third-order valence-electron chi connectivity index (χ3n) is 3.93. The van der Waals surface area contributed by atoms with Crippen LogP contribution in [0.1, 0.15) is 48.8 Å². The Morgan fingerprint density at radius 3 is 2.50 bits per heavy atom. The van der Waals surface area contributed by atoms with E-state index in [1.165, 1.54) is 36.9 Å². The molecular weight excluding hydrogens is 222 g/mol. The summed E-state index contributed by atoms with van der Waals surface area (Å²) >= 11 is 0. The summed E-state index contributed by atoms with van der Waals surface area (Å²) in [6, 6.07) is 8.46. The zero-order chi connectivity index (χ0) is 12.5. The lowest BCUT2D eigenvalue weighted by atomic mass is 10.1. The smallest absolute Gasteiger partial charge is 0.140 e. The van der Waals surface area contributed by atoms with Crippen molar-refractivity contribution in [2.45, 2.75) is 45.4 Å². The predicted octanol–water partition coefficient (Wildman–Crippen LogP) is 3.54. The average Bonchev–Trinajstić information content (AvgIpc) is 2.99. The fraction of sp³-hybridized carbons (Fsp3) is 0.467. The van der Waals surface area contributed by atoms with Gasteiger partial charge in [0, 0.05) is 5.92 Å². The second-order valence-corrected chi connectivity index (χ2v) is 5.21. The molecule has 3 rings (SSSR count). The van der Waals surface area contributed by atoms with Crippen LogP contribution in [0.3, 0.4) is 0 Å². The molecular formula is C15H19N3. The number of aryl methyl sites for hydroxylation is 2. The van der Waals surface area contributed by atoms with Crippen LogP contribution in [0.4, 0.5) is 0 Å². The molecule has 0 N–H and O–H groups in total. The first-order chi connectivity index (χ1) is 8.77. The number of benzene rings is 1. The minimum absolute atomic E-state index is 0.589. The zero-order valence-electron chi connectivity index (χ0n) is 11.1. The van der Waals surface area contributed by atoms with Crippen LogP contribution < -0.4 is 0 Å². The van der Waals surface area contributed by atoms with E-state index in [0.717, 1.165) is 11.6 Å². The fourth-order valence-corrected chi connectivity index (χ4v) is 2.94. The van der Waals surface area contributed by atoms with Gasteiger partial charge in [0.05, 0.1) is 5.69 Å². The summed E-state index contributed by atoms with van der Waals surface area (Å²) in [5.41, 5.74) is 2.50. The highest BCUT2D eigenvalue weighted by Crippen LogP contribution is 2.34. The molecule has 3 heteroatoms. The molecule has 1 fully saturated rings. The Morgan fingerprint density at radius 1 is 1.06 bits per heavy atom. The maximum atomic E-state index is 4.43. The van der Waals surface area contributed by atoms with E-state index in [9.17, 15) is 0 Å². The van der Waals surface area contributed by atoms with Gasteiger partial charge in [0.2, 0.25) is 0 Å². The summed E-state index contributed by atoms with van der Waals surface area (Å²) in [5.74, 6) is 2.73. The molecule has 18 heavy (non-hydrogen) atoms. The number of nitrogens with zero attached hydrogens (tertiary/aromatic N) is 3. The number of hydrogen-bond acceptors (Lipinski definition) is 2. The molecule has 0 spiro atoms. The van der Waals surface area contributed by atoms with Crippen molar-refractivity contribution in [3.63, 3.8) is 0 Å². The summed E-state index contributed by atoms with van der Waals surface area (Å²) in [7, 11) is 0. The molecule has 0 bridgehead atoms. The molecule has 0 atom stereocenters. The molecule has 0 aliphatic heterocycles. The van der Waals surface area contributed by atoms with Crippen molar-refractivity contribution in [2.75, 3.05) is 0 Å². The molecule has 0 saturated heterocycles. The lowest BCUT2D eigenvalue weighted by molar-refractivity contribution is 0.648. The Balaban J connectivity index is 2.11. The van der Waals surface area contributed by atoms with Crippen LogP contribution in [0.25, 0.3) is 5.69 Å². The van der Waals surface area contributed by atoms with Gasteiger partial charge in [-0.25, -0.2) is 0 Å². The summed E-state index contributed by atoms with van der Waals surface area (Å²) < 4.78 is 2.24. The summed E-state index contributed by atoms with van der Waals surface area (Å²) in [6.07, 6.45) is 5.16. The van der Waals surface area contributed by atoms with Crippen molar-refractivity contribution in [1.82, 2.24) is 14.8 Å². The summed E-state index contributed by atoms with van der Waals surface area (Å²) in [6.45, 7) is 4.19. The van der Waals surface area contributed by atoms with Gasteiger partial charge in [-0.15, -0.1) is 10.2 Å². The lowest BCUT2D eigenvalue weighted by Crippen LogP contribution is -2.07. The molecule has 1 aliphatic rings. The van der Waals surface area contributed by atoms with E-state index in [4.69, 9.17) is 0 Å². The van der Waals surface area contributed by atoms with Gasteiger partial charge in [-0.2, -0.15) is 0 Å². The molecule has 1 heterocycles. The summed E-state index contributed by atoms with van der Waals surface area (Å²) in [5, 5.41) is 8.72. The van der Waals surface area contributed by atoms with Gasteiger partial charge in [0.25, 0.3) is 0 Å². The Morgan fingerprint density at radius 2 is 1.78 bits per heavy atom. The van der Waals surface area contributed by atoms with E-state index in [1.54, 1.807) is 0 Å². The predicted molar refractivity (Wildman–Crippen MR) is 72.0 cm³/mol. The van der Waals surface area contributed by atoms with Crippen LogP contribution in [0.15, 0.2) is 24.3 Å². The molecule has 0 amide bonds. The van der Waals surface area contributed by atoms with E-state index >= 15 is 0 Å². The topological polar surface area (TPSA) is 30.7 Å². The van der Waals surface area contributed by atoms with Gasteiger partial charge in [0.15, 0.2) is 0 Å². The van der Waals surface area contributed by atoms with Crippen LogP contribution >= 0.6 is 0 Å². The quantitative estimate of drug-likeness (QED) is 0.805. The van der Waals surface area contributed by atoms with Crippen LogP contribution in [-0.2, 0) is 0 Å². The monoisotopic (exact) mass is 241 g/mol. The molecule has 94 valence electrons. The third kappa shape index (κ3) is 1.84.